The zero-order chi connectivity index (χ0) is 15.1. The van der Waals surface area contributed by atoms with E-state index < -0.39 is 4.92 Å². The highest BCUT2D eigenvalue weighted by Gasteiger charge is 2.17. The summed E-state index contributed by atoms with van der Waals surface area (Å²) in [6.45, 7) is 8.97. The average molecular weight is 282 g/mol. The Labute approximate surface area is 119 Å². The van der Waals surface area contributed by atoms with Gasteiger partial charge in [0.1, 0.15) is 12.4 Å². The van der Waals surface area contributed by atoms with E-state index in [1.54, 1.807) is 12.1 Å². The molecule has 0 bridgehead atoms. The molecule has 20 heavy (non-hydrogen) atoms. The molecule has 0 saturated heterocycles. The number of nitro benzene ring substituents is 1. The second-order valence-corrected chi connectivity index (χ2v) is 5.01. The smallest absolute Gasteiger partial charge is 0.311 e. The van der Waals surface area contributed by atoms with Crippen molar-refractivity contribution in [2.45, 2.75) is 39.8 Å². The van der Waals surface area contributed by atoms with E-state index in [2.05, 4.69) is 19.2 Å². The van der Waals surface area contributed by atoms with Crippen LogP contribution in [0, 0.1) is 10.1 Å². The van der Waals surface area contributed by atoms with Crippen molar-refractivity contribution in [2.75, 3.05) is 13.2 Å². The van der Waals surface area contributed by atoms with Crippen LogP contribution in [0.25, 0.3) is 0 Å². The van der Waals surface area contributed by atoms with E-state index >= 15 is 0 Å². The van der Waals surface area contributed by atoms with Gasteiger partial charge in [-0.1, -0.05) is 13.8 Å². The van der Waals surface area contributed by atoms with E-state index in [4.69, 9.17) is 9.47 Å². The first-order chi connectivity index (χ1) is 9.40. The van der Waals surface area contributed by atoms with Crippen LogP contribution < -0.4 is 14.8 Å². The number of nitrogens with one attached hydrogen (secondary N) is 1. The van der Waals surface area contributed by atoms with Crippen molar-refractivity contribution in [2.24, 2.45) is 0 Å². The van der Waals surface area contributed by atoms with E-state index in [9.17, 15) is 10.1 Å². The average Bonchev–Trinajstić information content (AvgIpc) is 2.33. The number of nitrogens with zero attached hydrogens (tertiary/aromatic N) is 1. The van der Waals surface area contributed by atoms with Gasteiger partial charge in [0.05, 0.1) is 11.0 Å². The van der Waals surface area contributed by atoms with E-state index in [-0.39, 0.29) is 17.5 Å². The molecule has 1 aromatic rings. The molecule has 0 amide bonds. The van der Waals surface area contributed by atoms with Crippen LogP contribution in [0.4, 0.5) is 5.69 Å². The molecule has 0 aliphatic rings. The van der Waals surface area contributed by atoms with Crippen LogP contribution in [0.2, 0.25) is 0 Å². The van der Waals surface area contributed by atoms with Crippen molar-refractivity contribution >= 4 is 5.69 Å². The Bertz CT molecular complexity index is 447. The van der Waals surface area contributed by atoms with E-state index in [1.807, 2.05) is 13.8 Å². The van der Waals surface area contributed by atoms with Gasteiger partial charge < -0.3 is 14.8 Å². The molecule has 0 spiro atoms. The highest BCUT2D eigenvalue weighted by atomic mass is 16.6. The summed E-state index contributed by atoms with van der Waals surface area (Å²) in [5.41, 5.74) is -0.0497. The van der Waals surface area contributed by atoms with Gasteiger partial charge in [-0.05, 0) is 19.9 Å². The van der Waals surface area contributed by atoms with Crippen LogP contribution in [0.15, 0.2) is 18.2 Å². The van der Waals surface area contributed by atoms with E-state index in [0.29, 0.717) is 18.4 Å². The van der Waals surface area contributed by atoms with Gasteiger partial charge in [-0.15, -0.1) is 0 Å². The maximum atomic E-state index is 10.9. The predicted molar refractivity (Wildman–Crippen MR) is 77.5 cm³/mol. The fourth-order valence-corrected chi connectivity index (χ4v) is 1.60. The van der Waals surface area contributed by atoms with Crippen LogP contribution in [-0.4, -0.2) is 30.2 Å². The van der Waals surface area contributed by atoms with Gasteiger partial charge >= 0.3 is 5.69 Å². The fraction of sp³-hybridized carbons (Fsp3) is 0.571. The highest BCUT2D eigenvalue weighted by molar-refractivity contribution is 5.50. The highest BCUT2D eigenvalue weighted by Crippen LogP contribution is 2.31. The lowest BCUT2D eigenvalue weighted by atomic mass is 10.2. The summed E-state index contributed by atoms with van der Waals surface area (Å²) in [7, 11) is 0. The second kappa shape index (κ2) is 7.69. The molecule has 0 saturated carbocycles. The maximum absolute atomic E-state index is 10.9. The number of benzene rings is 1. The molecule has 0 aliphatic heterocycles. The van der Waals surface area contributed by atoms with Crippen molar-refractivity contribution in [3.8, 4) is 11.5 Å². The Kier molecular flexibility index (Phi) is 6.24. The summed E-state index contributed by atoms with van der Waals surface area (Å²) < 4.78 is 11.0. The molecule has 0 heterocycles. The zero-order valence-corrected chi connectivity index (χ0v) is 12.4. The van der Waals surface area contributed by atoms with Gasteiger partial charge in [0.2, 0.25) is 5.75 Å². The standard InChI is InChI=1S/C14H22N2O4/c1-10(2)15-7-8-19-12-5-6-13(16(17)18)14(9-12)20-11(3)4/h5-6,9-11,15H,7-8H2,1-4H3. The third kappa shape index (κ3) is 5.44. The van der Waals surface area contributed by atoms with Crippen LogP contribution in [0.3, 0.4) is 0 Å². The fourth-order valence-electron chi connectivity index (χ4n) is 1.60. The molecule has 6 heteroatoms. The molecule has 1 rings (SSSR count). The molecule has 0 aliphatic carbocycles. The monoisotopic (exact) mass is 282 g/mol. The molecule has 6 nitrogen and oxygen atoms in total. The molecular formula is C14H22N2O4. The minimum Gasteiger partial charge on any atom is -0.492 e. The van der Waals surface area contributed by atoms with Gasteiger partial charge in [0, 0.05) is 24.7 Å². The Balaban J connectivity index is 2.71. The second-order valence-electron chi connectivity index (χ2n) is 5.01. The maximum Gasteiger partial charge on any atom is 0.311 e. The first-order valence-corrected chi connectivity index (χ1v) is 6.71. The summed E-state index contributed by atoms with van der Waals surface area (Å²) in [6.07, 6.45) is -0.133. The third-order valence-corrected chi connectivity index (χ3v) is 2.41. The van der Waals surface area contributed by atoms with Gasteiger partial charge in [-0.3, -0.25) is 10.1 Å². The van der Waals surface area contributed by atoms with Crippen LogP contribution in [0.1, 0.15) is 27.7 Å². The minimum atomic E-state index is -0.457. The summed E-state index contributed by atoms with van der Waals surface area (Å²) in [5.74, 6) is 0.802. The van der Waals surface area contributed by atoms with Crippen LogP contribution >= 0.6 is 0 Å². The molecule has 0 fully saturated rings. The predicted octanol–water partition coefficient (Wildman–Crippen LogP) is 2.76. The van der Waals surface area contributed by atoms with E-state index in [0.717, 1.165) is 6.54 Å². The summed E-state index contributed by atoms with van der Waals surface area (Å²) in [5, 5.41) is 14.2. The van der Waals surface area contributed by atoms with Crippen LogP contribution in [0.5, 0.6) is 11.5 Å². The molecule has 1 aromatic carbocycles. The SMILES string of the molecule is CC(C)NCCOc1ccc([N+](=O)[O-])c(OC(C)C)c1. The van der Waals surface area contributed by atoms with Gasteiger partial charge in [-0.2, -0.15) is 0 Å². The van der Waals surface area contributed by atoms with Crippen LogP contribution in [-0.2, 0) is 0 Å². The number of ether oxygens (including phenoxy) is 2. The molecule has 0 atom stereocenters. The van der Waals surface area contributed by atoms with Crippen molar-refractivity contribution < 1.29 is 14.4 Å². The summed E-state index contributed by atoms with van der Waals surface area (Å²) >= 11 is 0. The summed E-state index contributed by atoms with van der Waals surface area (Å²) in [4.78, 5) is 10.5. The molecule has 0 unspecified atom stereocenters. The Morgan fingerprint density at radius 3 is 2.55 bits per heavy atom. The molecule has 0 aromatic heterocycles. The quantitative estimate of drug-likeness (QED) is 0.451. The first kappa shape index (κ1) is 16.2. The first-order valence-electron chi connectivity index (χ1n) is 6.71. The largest absolute Gasteiger partial charge is 0.492 e. The van der Waals surface area contributed by atoms with Crippen molar-refractivity contribution in [3.63, 3.8) is 0 Å². The van der Waals surface area contributed by atoms with Crippen molar-refractivity contribution in [3.05, 3.63) is 28.3 Å². The normalized spacial score (nSPS) is 10.9. The number of rotatable bonds is 8. The molecular weight excluding hydrogens is 260 g/mol. The lowest BCUT2D eigenvalue weighted by molar-refractivity contribution is -0.386. The Morgan fingerprint density at radius 2 is 2.00 bits per heavy atom. The minimum absolute atomic E-state index is 0.0497. The van der Waals surface area contributed by atoms with Gasteiger partial charge in [0.15, 0.2) is 0 Å². The van der Waals surface area contributed by atoms with Crippen molar-refractivity contribution in [1.82, 2.24) is 5.32 Å². The topological polar surface area (TPSA) is 73.6 Å². The Morgan fingerprint density at radius 1 is 1.30 bits per heavy atom. The summed E-state index contributed by atoms with van der Waals surface area (Å²) in [6, 6.07) is 4.95. The molecule has 0 radical (unpaired) electrons. The van der Waals surface area contributed by atoms with Crippen molar-refractivity contribution in [1.29, 1.82) is 0 Å². The number of hydrogen-bond donors (Lipinski definition) is 1. The Hall–Kier alpha value is -1.82. The lowest BCUT2D eigenvalue weighted by Crippen LogP contribution is -2.27. The molecule has 1 N–H and O–H groups in total. The number of nitro groups is 1. The lowest BCUT2D eigenvalue weighted by Gasteiger charge is -2.13. The van der Waals surface area contributed by atoms with Gasteiger partial charge in [-0.25, -0.2) is 0 Å². The zero-order valence-electron chi connectivity index (χ0n) is 12.4. The third-order valence-electron chi connectivity index (χ3n) is 2.41. The molecule has 112 valence electrons. The van der Waals surface area contributed by atoms with E-state index in [1.165, 1.54) is 6.07 Å². The van der Waals surface area contributed by atoms with Gasteiger partial charge in [0.25, 0.3) is 0 Å². The number of hydrogen-bond acceptors (Lipinski definition) is 5.